The van der Waals surface area contributed by atoms with Crippen LogP contribution in [0.1, 0.15) is 59.3 Å². The van der Waals surface area contributed by atoms with Crippen LogP contribution in [-0.4, -0.2) is 37.4 Å². The van der Waals surface area contributed by atoms with Gasteiger partial charge in [0.15, 0.2) is 0 Å². The molecule has 0 bridgehead atoms. The first-order chi connectivity index (χ1) is 9.03. The topological polar surface area (TPSA) is 47.6 Å². The maximum Gasteiger partial charge on any atom is 0.305 e. The van der Waals surface area contributed by atoms with Crippen molar-refractivity contribution in [2.75, 3.05) is 19.8 Å². The van der Waals surface area contributed by atoms with E-state index in [-0.39, 0.29) is 11.6 Å². The number of hydrogen-bond acceptors (Lipinski definition) is 4. The van der Waals surface area contributed by atoms with Crippen molar-refractivity contribution in [3.63, 3.8) is 0 Å². The summed E-state index contributed by atoms with van der Waals surface area (Å²) in [5.41, 5.74) is 0.0137. The lowest BCUT2D eigenvalue weighted by Gasteiger charge is -2.36. The second kappa shape index (κ2) is 8.54. The molecule has 0 radical (unpaired) electrons. The second-order valence-electron chi connectivity index (χ2n) is 5.87. The second-order valence-corrected chi connectivity index (χ2v) is 5.87. The number of carbonyl (C=O) groups excluding carboxylic acids is 1. The van der Waals surface area contributed by atoms with Crippen LogP contribution >= 0.6 is 0 Å². The first-order valence-corrected chi connectivity index (χ1v) is 7.56. The van der Waals surface area contributed by atoms with Crippen LogP contribution in [0.3, 0.4) is 0 Å². The molecule has 1 aliphatic rings. The summed E-state index contributed by atoms with van der Waals surface area (Å²) in [5.74, 6) is -0.0679. The van der Waals surface area contributed by atoms with Crippen molar-refractivity contribution in [2.45, 2.75) is 70.9 Å². The molecule has 1 saturated heterocycles. The van der Waals surface area contributed by atoms with Crippen molar-refractivity contribution in [3.05, 3.63) is 0 Å². The third kappa shape index (κ3) is 7.53. The van der Waals surface area contributed by atoms with Crippen molar-refractivity contribution in [3.8, 4) is 0 Å². The summed E-state index contributed by atoms with van der Waals surface area (Å²) >= 11 is 0. The Morgan fingerprint density at radius 2 is 2.16 bits per heavy atom. The lowest BCUT2D eigenvalue weighted by Crippen LogP contribution is -2.43. The Kier molecular flexibility index (Phi) is 7.39. The van der Waals surface area contributed by atoms with Crippen LogP contribution in [0.4, 0.5) is 0 Å². The van der Waals surface area contributed by atoms with E-state index >= 15 is 0 Å². The molecule has 1 unspecified atom stereocenters. The average molecular weight is 271 g/mol. The monoisotopic (exact) mass is 271 g/mol. The molecule has 0 aromatic rings. The highest BCUT2D eigenvalue weighted by Crippen LogP contribution is 2.23. The molecule has 1 heterocycles. The van der Waals surface area contributed by atoms with Gasteiger partial charge in [0.2, 0.25) is 0 Å². The van der Waals surface area contributed by atoms with Gasteiger partial charge in [0.1, 0.15) is 0 Å². The predicted molar refractivity (Wildman–Crippen MR) is 76.2 cm³/mol. The largest absolute Gasteiger partial charge is 0.466 e. The van der Waals surface area contributed by atoms with E-state index in [4.69, 9.17) is 9.47 Å². The van der Waals surface area contributed by atoms with E-state index in [9.17, 15) is 4.79 Å². The van der Waals surface area contributed by atoms with Gasteiger partial charge in [-0.15, -0.1) is 0 Å². The Morgan fingerprint density at radius 3 is 2.84 bits per heavy atom. The van der Waals surface area contributed by atoms with Crippen LogP contribution in [0.25, 0.3) is 0 Å². The van der Waals surface area contributed by atoms with Gasteiger partial charge in [-0.3, -0.25) is 4.79 Å². The average Bonchev–Trinajstić information content (AvgIpc) is 2.33. The van der Waals surface area contributed by atoms with Crippen LogP contribution < -0.4 is 5.32 Å². The summed E-state index contributed by atoms with van der Waals surface area (Å²) in [7, 11) is 0. The van der Waals surface area contributed by atoms with E-state index in [1.165, 1.54) is 0 Å². The molecule has 0 amide bonds. The fraction of sp³-hybridized carbons (Fsp3) is 0.933. The molecule has 0 aliphatic carbocycles. The summed E-state index contributed by atoms with van der Waals surface area (Å²) in [6.45, 7) is 8.52. The van der Waals surface area contributed by atoms with Gasteiger partial charge < -0.3 is 14.8 Å². The van der Waals surface area contributed by atoms with E-state index in [2.05, 4.69) is 19.2 Å². The number of nitrogens with one attached hydrogen (secondary N) is 1. The molecule has 4 heteroatoms. The van der Waals surface area contributed by atoms with Gasteiger partial charge in [0.05, 0.1) is 12.2 Å². The lowest BCUT2D eigenvalue weighted by atomic mass is 9.94. The molecule has 1 rings (SSSR count). The molecule has 1 aliphatic heterocycles. The summed E-state index contributed by atoms with van der Waals surface area (Å²) in [6, 6.07) is 0.578. The Morgan fingerprint density at radius 1 is 1.37 bits per heavy atom. The zero-order valence-electron chi connectivity index (χ0n) is 12.7. The van der Waals surface area contributed by atoms with Crippen molar-refractivity contribution < 1.29 is 14.3 Å². The normalized spacial score (nSPS) is 22.2. The SMILES string of the molecule is CCOC(=O)CCCCCNC1CCOC(C)(C)C1. The zero-order chi connectivity index (χ0) is 14.1. The highest BCUT2D eigenvalue weighted by molar-refractivity contribution is 5.69. The van der Waals surface area contributed by atoms with Crippen LogP contribution in [0.5, 0.6) is 0 Å². The van der Waals surface area contributed by atoms with Crippen LogP contribution in [-0.2, 0) is 14.3 Å². The fourth-order valence-corrected chi connectivity index (χ4v) is 2.52. The van der Waals surface area contributed by atoms with E-state index in [1.54, 1.807) is 0 Å². The van der Waals surface area contributed by atoms with E-state index < -0.39 is 0 Å². The maximum absolute atomic E-state index is 11.1. The Hall–Kier alpha value is -0.610. The minimum absolute atomic E-state index is 0.0137. The first-order valence-electron chi connectivity index (χ1n) is 7.56. The van der Waals surface area contributed by atoms with Gasteiger partial charge in [0, 0.05) is 19.1 Å². The number of unbranched alkanes of at least 4 members (excludes halogenated alkanes) is 2. The van der Waals surface area contributed by atoms with E-state index in [0.717, 1.165) is 45.3 Å². The van der Waals surface area contributed by atoms with E-state index in [1.807, 2.05) is 6.92 Å². The summed E-state index contributed by atoms with van der Waals surface area (Å²) in [4.78, 5) is 11.1. The maximum atomic E-state index is 11.1. The molecule has 4 nitrogen and oxygen atoms in total. The molecule has 0 aromatic heterocycles. The molecule has 1 atom stereocenters. The van der Waals surface area contributed by atoms with Crippen LogP contribution in [0.2, 0.25) is 0 Å². The van der Waals surface area contributed by atoms with Crippen molar-refractivity contribution in [1.29, 1.82) is 0 Å². The van der Waals surface area contributed by atoms with Gasteiger partial charge in [-0.25, -0.2) is 0 Å². The molecule has 19 heavy (non-hydrogen) atoms. The number of carbonyl (C=O) groups is 1. The highest BCUT2D eigenvalue weighted by atomic mass is 16.5. The molecule has 112 valence electrons. The molecule has 1 N–H and O–H groups in total. The zero-order valence-corrected chi connectivity index (χ0v) is 12.7. The van der Waals surface area contributed by atoms with Crippen molar-refractivity contribution >= 4 is 5.97 Å². The van der Waals surface area contributed by atoms with Gasteiger partial charge in [-0.05, 0) is 53.0 Å². The fourth-order valence-electron chi connectivity index (χ4n) is 2.52. The van der Waals surface area contributed by atoms with Gasteiger partial charge in [-0.1, -0.05) is 6.42 Å². The summed E-state index contributed by atoms with van der Waals surface area (Å²) < 4.78 is 10.6. The number of ether oxygens (including phenoxy) is 2. The molecule has 0 aromatic carbocycles. The Labute approximate surface area is 117 Å². The van der Waals surface area contributed by atoms with Crippen molar-refractivity contribution in [1.82, 2.24) is 5.32 Å². The molecular formula is C15H29NO3. The van der Waals surface area contributed by atoms with Gasteiger partial charge in [0.25, 0.3) is 0 Å². The Bertz CT molecular complexity index is 266. The number of esters is 1. The minimum atomic E-state index is -0.0679. The summed E-state index contributed by atoms with van der Waals surface area (Å²) in [6.07, 6.45) is 5.87. The third-order valence-electron chi connectivity index (χ3n) is 3.49. The first kappa shape index (κ1) is 16.4. The molecule has 0 saturated carbocycles. The van der Waals surface area contributed by atoms with Gasteiger partial charge in [-0.2, -0.15) is 0 Å². The minimum Gasteiger partial charge on any atom is -0.466 e. The molecule has 1 fully saturated rings. The predicted octanol–water partition coefficient (Wildman–Crippen LogP) is 2.66. The van der Waals surface area contributed by atoms with Crippen LogP contribution in [0, 0.1) is 0 Å². The number of hydrogen-bond donors (Lipinski definition) is 1. The quantitative estimate of drug-likeness (QED) is 0.544. The van der Waals surface area contributed by atoms with Crippen LogP contribution in [0.15, 0.2) is 0 Å². The van der Waals surface area contributed by atoms with E-state index in [0.29, 0.717) is 19.1 Å². The highest BCUT2D eigenvalue weighted by Gasteiger charge is 2.28. The summed E-state index contributed by atoms with van der Waals surface area (Å²) in [5, 5.41) is 3.59. The third-order valence-corrected chi connectivity index (χ3v) is 3.49. The lowest BCUT2D eigenvalue weighted by molar-refractivity contribution is -0.143. The van der Waals surface area contributed by atoms with Crippen molar-refractivity contribution in [2.24, 2.45) is 0 Å². The standard InChI is InChI=1S/C15H29NO3/c1-4-18-14(17)8-6-5-7-10-16-13-9-11-19-15(2,3)12-13/h13,16H,4-12H2,1-3H3. The molecular weight excluding hydrogens is 242 g/mol. The smallest absolute Gasteiger partial charge is 0.305 e. The van der Waals surface area contributed by atoms with Gasteiger partial charge >= 0.3 is 5.97 Å². The Balaban J connectivity index is 1.97. The molecule has 0 spiro atoms. The number of rotatable bonds is 8.